The molecule has 124 valence electrons. The largest absolute Gasteiger partial charge is 0.422 e. The molecule has 5 nitrogen and oxygen atoms in total. The van der Waals surface area contributed by atoms with Gasteiger partial charge in [-0.1, -0.05) is 44.9 Å². The number of aryl methyl sites for hydroxylation is 1. The number of para-hydroxylation sites is 1. The lowest BCUT2D eigenvalue weighted by atomic mass is 9.77. The second kappa shape index (κ2) is 6.40. The Morgan fingerprint density at radius 1 is 1.29 bits per heavy atom. The van der Waals surface area contributed by atoms with Crippen LogP contribution in [0.15, 0.2) is 41.8 Å². The monoisotopic (exact) mass is 322 g/mol. The van der Waals surface area contributed by atoms with E-state index in [1.165, 1.54) is 0 Å². The first kappa shape index (κ1) is 16.1. The van der Waals surface area contributed by atoms with Crippen LogP contribution >= 0.6 is 0 Å². The highest BCUT2D eigenvalue weighted by Crippen LogP contribution is 2.46. The van der Waals surface area contributed by atoms with E-state index < -0.39 is 0 Å². The van der Waals surface area contributed by atoms with Gasteiger partial charge in [0.15, 0.2) is 0 Å². The molecule has 0 amide bonds. The first-order valence-corrected chi connectivity index (χ1v) is 8.34. The van der Waals surface area contributed by atoms with E-state index in [1.54, 1.807) is 4.68 Å². The number of rotatable bonds is 4. The molecule has 0 bridgehead atoms. The number of aromatic nitrogens is 2. The SMILES string of the molecule is CCC(CC)C1C(C#N)=C(N)Oc2c1c(C)nn2-c1ccccc1. The second-order valence-corrected chi connectivity index (χ2v) is 6.10. The average Bonchev–Trinajstić information content (AvgIpc) is 2.93. The Labute approximate surface area is 142 Å². The number of nitrogens with zero attached hydrogens (tertiary/aromatic N) is 3. The predicted octanol–water partition coefficient (Wildman–Crippen LogP) is 3.79. The molecule has 1 aliphatic heterocycles. The molecular weight excluding hydrogens is 300 g/mol. The molecule has 0 saturated heterocycles. The van der Waals surface area contributed by atoms with Gasteiger partial charge in [0, 0.05) is 11.5 Å². The molecule has 2 heterocycles. The highest BCUT2D eigenvalue weighted by Gasteiger charge is 2.38. The summed E-state index contributed by atoms with van der Waals surface area (Å²) in [5.74, 6) is 1.09. The summed E-state index contributed by atoms with van der Waals surface area (Å²) >= 11 is 0. The molecule has 1 unspecified atom stereocenters. The fourth-order valence-corrected chi connectivity index (χ4v) is 3.53. The zero-order valence-electron chi connectivity index (χ0n) is 14.3. The molecule has 1 aliphatic rings. The standard InChI is InChI=1S/C19H22N4O/c1-4-13(5-2)17-15(11-20)18(21)24-19-16(17)12(3)22-23(19)14-9-7-6-8-10-14/h6-10,13,17H,4-5,21H2,1-3H3. The van der Waals surface area contributed by atoms with Gasteiger partial charge in [-0.2, -0.15) is 10.4 Å². The number of benzene rings is 1. The van der Waals surface area contributed by atoms with Crippen LogP contribution in [0.1, 0.15) is 43.9 Å². The van der Waals surface area contributed by atoms with E-state index in [4.69, 9.17) is 10.5 Å². The second-order valence-electron chi connectivity index (χ2n) is 6.10. The highest BCUT2D eigenvalue weighted by atomic mass is 16.5. The summed E-state index contributed by atoms with van der Waals surface area (Å²) in [5, 5.41) is 14.3. The molecule has 0 spiro atoms. The maximum Gasteiger partial charge on any atom is 0.228 e. The zero-order chi connectivity index (χ0) is 17.3. The minimum Gasteiger partial charge on any atom is -0.422 e. The Hall–Kier alpha value is -2.74. The lowest BCUT2D eigenvalue weighted by Gasteiger charge is -2.29. The number of nitrogens with two attached hydrogens (primary N) is 1. The van der Waals surface area contributed by atoms with Crippen molar-refractivity contribution in [3.63, 3.8) is 0 Å². The van der Waals surface area contributed by atoms with Crippen LogP contribution in [0, 0.1) is 24.2 Å². The van der Waals surface area contributed by atoms with Gasteiger partial charge in [0.1, 0.15) is 6.07 Å². The maximum absolute atomic E-state index is 9.62. The van der Waals surface area contributed by atoms with Crippen LogP contribution < -0.4 is 10.5 Å². The topological polar surface area (TPSA) is 76.9 Å². The van der Waals surface area contributed by atoms with Gasteiger partial charge in [0.2, 0.25) is 11.8 Å². The Morgan fingerprint density at radius 3 is 2.54 bits per heavy atom. The van der Waals surface area contributed by atoms with E-state index in [2.05, 4.69) is 25.0 Å². The molecule has 1 atom stereocenters. The summed E-state index contributed by atoms with van der Waals surface area (Å²) in [7, 11) is 0. The molecule has 0 aliphatic carbocycles. The maximum atomic E-state index is 9.62. The van der Waals surface area contributed by atoms with Gasteiger partial charge in [-0.15, -0.1) is 0 Å². The molecule has 5 heteroatoms. The van der Waals surface area contributed by atoms with E-state index in [-0.39, 0.29) is 11.8 Å². The van der Waals surface area contributed by atoms with E-state index in [1.807, 2.05) is 37.3 Å². The minimum atomic E-state index is -0.0637. The van der Waals surface area contributed by atoms with E-state index in [0.717, 1.165) is 29.8 Å². The van der Waals surface area contributed by atoms with Crippen LogP contribution in [0.5, 0.6) is 5.88 Å². The predicted molar refractivity (Wildman–Crippen MR) is 92.6 cm³/mol. The summed E-state index contributed by atoms with van der Waals surface area (Å²) in [6, 6.07) is 12.1. The van der Waals surface area contributed by atoms with Crippen molar-refractivity contribution in [1.29, 1.82) is 5.26 Å². The highest BCUT2D eigenvalue weighted by molar-refractivity contribution is 5.52. The Balaban J connectivity index is 2.22. The smallest absolute Gasteiger partial charge is 0.228 e. The molecule has 0 fully saturated rings. The van der Waals surface area contributed by atoms with Crippen LogP contribution in [0.3, 0.4) is 0 Å². The summed E-state index contributed by atoms with van der Waals surface area (Å²) in [4.78, 5) is 0. The van der Waals surface area contributed by atoms with Gasteiger partial charge in [-0.05, 0) is 25.0 Å². The Kier molecular flexibility index (Phi) is 4.30. The van der Waals surface area contributed by atoms with Gasteiger partial charge in [-0.3, -0.25) is 0 Å². The van der Waals surface area contributed by atoms with Gasteiger partial charge in [-0.25, -0.2) is 4.68 Å². The molecule has 2 N–H and O–H groups in total. The van der Waals surface area contributed by atoms with Gasteiger partial charge in [0.25, 0.3) is 0 Å². The third-order valence-corrected chi connectivity index (χ3v) is 4.80. The number of allylic oxidation sites excluding steroid dienone is 1. The van der Waals surface area contributed by atoms with Crippen molar-refractivity contribution in [2.45, 2.75) is 39.5 Å². The van der Waals surface area contributed by atoms with Crippen LogP contribution in [0.25, 0.3) is 5.69 Å². The molecule has 24 heavy (non-hydrogen) atoms. The van der Waals surface area contributed by atoms with Gasteiger partial charge in [0.05, 0.1) is 17.0 Å². The summed E-state index contributed by atoms with van der Waals surface area (Å²) in [6.07, 6.45) is 1.93. The third-order valence-electron chi connectivity index (χ3n) is 4.80. The van der Waals surface area contributed by atoms with Crippen molar-refractivity contribution in [3.05, 3.63) is 53.0 Å². The van der Waals surface area contributed by atoms with Crippen molar-refractivity contribution >= 4 is 0 Å². The molecule has 1 aromatic heterocycles. The molecule has 2 aromatic rings. The van der Waals surface area contributed by atoms with Crippen LogP contribution in [0.2, 0.25) is 0 Å². The summed E-state index contributed by atoms with van der Waals surface area (Å²) in [6.45, 7) is 6.25. The first-order chi connectivity index (χ1) is 11.6. The number of ether oxygens (including phenoxy) is 1. The van der Waals surface area contributed by atoms with Crippen molar-refractivity contribution in [2.75, 3.05) is 0 Å². The summed E-state index contributed by atoms with van der Waals surface area (Å²) in [5.41, 5.74) is 9.39. The Morgan fingerprint density at radius 2 is 1.96 bits per heavy atom. The van der Waals surface area contributed by atoms with Crippen LogP contribution in [0.4, 0.5) is 0 Å². The third kappa shape index (κ3) is 2.44. The molecule has 3 rings (SSSR count). The number of nitriles is 1. The van der Waals surface area contributed by atoms with E-state index in [9.17, 15) is 5.26 Å². The van der Waals surface area contributed by atoms with Gasteiger partial charge < -0.3 is 10.5 Å². The first-order valence-electron chi connectivity index (χ1n) is 8.34. The van der Waals surface area contributed by atoms with Crippen molar-refractivity contribution in [1.82, 2.24) is 9.78 Å². The van der Waals surface area contributed by atoms with E-state index in [0.29, 0.717) is 17.4 Å². The quantitative estimate of drug-likeness (QED) is 0.929. The Bertz CT molecular complexity index is 810. The summed E-state index contributed by atoms with van der Waals surface area (Å²) < 4.78 is 7.63. The minimum absolute atomic E-state index is 0.0637. The average molecular weight is 322 g/mol. The molecule has 0 radical (unpaired) electrons. The lowest BCUT2D eigenvalue weighted by Crippen LogP contribution is -2.25. The number of hydrogen-bond donors (Lipinski definition) is 1. The fourth-order valence-electron chi connectivity index (χ4n) is 3.53. The van der Waals surface area contributed by atoms with Crippen LogP contribution in [-0.2, 0) is 0 Å². The van der Waals surface area contributed by atoms with E-state index >= 15 is 0 Å². The van der Waals surface area contributed by atoms with Crippen molar-refractivity contribution < 1.29 is 4.74 Å². The number of fused-ring (bicyclic) bond motifs is 1. The normalized spacial score (nSPS) is 16.7. The van der Waals surface area contributed by atoms with Gasteiger partial charge >= 0.3 is 0 Å². The fraction of sp³-hybridized carbons (Fsp3) is 0.368. The zero-order valence-corrected chi connectivity index (χ0v) is 14.3. The molecular formula is C19H22N4O. The van der Waals surface area contributed by atoms with Crippen molar-refractivity contribution in [3.8, 4) is 17.6 Å². The van der Waals surface area contributed by atoms with Crippen LogP contribution in [-0.4, -0.2) is 9.78 Å². The molecule has 0 saturated carbocycles. The molecule has 1 aromatic carbocycles. The lowest BCUT2D eigenvalue weighted by molar-refractivity contribution is 0.334. The van der Waals surface area contributed by atoms with Crippen molar-refractivity contribution in [2.24, 2.45) is 11.7 Å². The number of hydrogen-bond acceptors (Lipinski definition) is 4.